The van der Waals surface area contributed by atoms with Crippen molar-refractivity contribution >= 4 is 11.5 Å². The summed E-state index contributed by atoms with van der Waals surface area (Å²) in [5.74, 6) is -0.386. The third-order valence-electron chi connectivity index (χ3n) is 3.21. The maximum Gasteiger partial charge on any atom is 0.416 e. The van der Waals surface area contributed by atoms with E-state index in [2.05, 4.69) is 0 Å². The highest BCUT2D eigenvalue weighted by molar-refractivity contribution is 6.12. The molecule has 0 saturated carbocycles. The standard InChI is InChI=1S/C14H14F3NO/c15-14(16,17)10-6-7-12(18)11(8-10)13(19)9-4-2-1-3-5-9/h4,6-8H,1-3,5,18H2. The van der Waals surface area contributed by atoms with Crippen LogP contribution in [0.2, 0.25) is 0 Å². The van der Waals surface area contributed by atoms with Crippen molar-refractivity contribution in [2.45, 2.75) is 31.9 Å². The van der Waals surface area contributed by atoms with Crippen molar-refractivity contribution in [3.8, 4) is 0 Å². The Labute approximate surface area is 109 Å². The lowest BCUT2D eigenvalue weighted by molar-refractivity contribution is -0.137. The summed E-state index contributed by atoms with van der Waals surface area (Å²) < 4.78 is 37.9. The number of carbonyl (C=O) groups excluding carboxylic acids is 1. The van der Waals surface area contributed by atoms with Crippen molar-refractivity contribution in [1.29, 1.82) is 0 Å². The van der Waals surface area contributed by atoms with E-state index in [0.29, 0.717) is 12.0 Å². The molecule has 0 radical (unpaired) electrons. The van der Waals surface area contributed by atoms with Crippen molar-refractivity contribution in [2.75, 3.05) is 5.73 Å². The van der Waals surface area contributed by atoms with E-state index in [9.17, 15) is 18.0 Å². The topological polar surface area (TPSA) is 43.1 Å². The molecule has 1 aromatic carbocycles. The van der Waals surface area contributed by atoms with Crippen molar-refractivity contribution in [3.63, 3.8) is 0 Å². The van der Waals surface area contributed by atoms with E-state index in [-0.39, 0.29) is 17.0 Å². The van der Waals surface area contributed by atoms with Gasteiger partial charge < -0.3 is 5.73 Å². The van der Waals surface area contributed by atoms with Crippen molar-refractivity contribution < 1.29 is 18.0 Å². The van der Waals surface area contributed by atoms with Crippen LogP contribution in [0.1, 0.15) is 41.6 Å². The van der Waals surface area contributed by atoms with E-state index in [0.717, 1.165) is 37.5 Å². The molecule has 0 fully saturated rings. The molecular formula is C14H14F3NO. The highest BCUT2D eigenvalue weighted by Crippen LogP contribution is 2.32. The summed E-state index contributed by atoms with van der Waals surface area (Å²) in [5, 5.41) is 0. The van der Waals surface area contributed by atoms with E-state index in [4.69, 9.17) is 5.73 Å². The Hall–Kier alpha value is -1.78. The van der Waals surface area contributed by atoms with E-state index >= 15 is 0 Å². The first-order valence-electron chi connectivity index (χ1n) is 6.10. The normalized spacial score (nSPS) is 16.1. The van der Waals surface area contributed by atoms with Gasteiger partial charge >= 0.3 is 6.18 Å². The summed E-state index contributed by atoms with van der Waals surface area (Å²) in [6.07, 6.45) is 0.620. The van der Waals surface area contributed by atoms with Crippen LogP contribution >= 0.6 is 0 Å². The Morgan fingerprint density at radius 2 is 1.95 bits per heavy atom. The number of Topliss-reactive ketones (excluding diaryl/α,β-unsaturated/α-hetero) is 1. The Balaban J connectivity index is 2.38. The second-order valence-corrected chi connectivity index (χ2v) is 4.60. The van der Waals surface area contributed by atoms with Crippen LogP contribution in [-0.4, -0.2) is 5.78 Å². The molecule has 0 atom stereocenters. The molecule has 102 valence electrons. The highest BCUT2D eigenvalue weighted by atomic mass is 19.4. The van der Waals surface area contributed by atoms with E-state index in [1.807, 2.05) is 0 Å². The number of hydrogen-bond acceptors (Lipinski definition) is 2. The number of halogens is 3. The number of rotatable bonds is 2. The van der Waals surface area contributed by atoms with Crippen LogP contribution in [0.15, 0.2) is 29.8 Å². The number of hydrogen-bond donors (Lipinski definition) is 1. The Kier molecular flexibility index (Phi) is 3.64. The fourth-order valence-corrected chi connectivity index (χ4v) is 2.15. The molecule has 0 aromatic heterocycles. The molecule has 2 N–H and O–H groups in total. The Morgan fingerprint density at radius 3 is 2.53 bits per heavy atom. The summed E-state index contributed by atoms with van der Waals surface area (Å²) >= 11 is 0. The average molecular weight is 269 g/mol. The van der Waals surface area contributed by atoms with Gasteiger partial charge in [-0.1, -0.05) is 6.08 Å². The van der Waals surface area contributed by atoms with Gasteiger partial charge in [-0.05, 0) is 49.5 Å². The molecule has 0 spiro atoms. The van der Waals surface area contributed by atoms with Crippen LogP contribution in [-0.2, 0) is 6.18 Å². The number of nitrogens with two attached hydrogens (primary N) is 1. The summed E-state index contributed by atoms with van der Waals surface area (Å²) in [5.41, 5.74) is 5.38. The van der Waals surface area contributed by atoms with E-state index in [1.165, 1.54) is 0 Å². The molecule has 0 heterocycles. The number of ketones is 1. The Bertz CT molecular complexity index is 532. The Morgan fingerprint density at radius 1 is 1.21 bits per heavy atom. The molecule has 19 heavy (non-hydrogen) atoms. The van der Waals surface area contributed by atoms with E-state index in [1.54, 1.807) is 6.08 Å². The predicted octanol–water partition coefficient (Wildman–Crippen LogP) is 3.97. The first-order chi connectivity index (χ1) is 8.89. The minimum Gasteiger partial charge on any atom is -0.398 e. The van der Waals surface area contributed by atoms with E-state index < -0.39 is 11.7 Å². The molecule has 2 rings (SSSR count). The average Bonchev–Trinajstić information content (AvgIpc) is 2.38. The quantitative estimate of drug-likeness (QED) is 0.652. The van der Waals surface area contributed by atoms with Crippen LogP contribution in [0.4, 0.5) is 18.9 Å². The summed E-state index contributed by atoms with van der Waals surface area (Å²) in [6, 6.07) is 2.87. The zero-order valence-electron chi connectivity index (χ0n) is 10.3. The van der Waals surface area contributed by atoms with Gasteiger partial charge in [0, 0.05) is 11.3 Å². The summed E-state index contributed by atoms with van der Waals surface area (Å²) in [6.45, 7) is 0. The number of benzene rings is 1. The van der Waals surface area contributed by atoms with Crippen molar-refractivity contribution in [3.05, 3.63) is 41.0 Å². The molecule has 0 unspecified atom stereocenters. The number of anilines is 1. The molecule has 0 saturated heterocycles. The largest absolute Gasteiger partial charge is 0.416 e. The van der Waals surface area contributed by atoms with Crippen LogP contribution < -0.4 is 5.73 Å². The predicted molar refractivity (Wildman–Crippen MR) is 66.7 cm³/mol. The monoisotopic (exact) mass is 269 g/mol. The van der Waals surface area contributed by atoms with Crippen LogP contribution in [0.3, 0.4) is 0 Å². The number of alkyl halides is 3. The first kappa shape index (κ1) is 13.6. The second-order valence-electron chi connectivity index (χ2n) is 4.60. The van der Waals surface area contributed by atoms with Crippen LogP contribution in [0.5, 0.6) is 0 Å². The van der Waals surface area contributed by atoms with Gasteiger partial charge in [0.25, 0.3) is 0 Å². The third kappa shape index (κ3) is 2.97. The van der Waals surface area contributed by atoms with Crippen LogP contribution in [0, 0.1) is 0 Å². The molecule has 1 aromatic rings. The maximum absolute atomic E-state index is 12.6. The van der Waals surface area contributed by atoms with Gasteiger partial charge in [-0.15, -0.1) is 0 Å². The molecule has 1 aliphatic carbocycles. The molecule has 5 heteroatoms. The van der Waals surface area contributed by atoms with Crippen LogP contribution in [0.25, 0.3) is 0 Å². The maximum atomic E-state index is 12.6. The molecule has 1 aliphatic rings. The molecule has 0 bridgehead atoms. The second kappa shape index (κ2) is 5.07. The lowest BCUT2D eigenvalue weighted by Crippen LogP contribution is -2.12. The molecule has 0 amide bonds. The zero-order valence-corrected chi connectivity index (χ0v) is 10.3. The van der Waals surface area contributed by atoms with Gasteiger partial charge in [0.2, 0.25) is 0 Å². The number of allylic oxidation sites excluding steroid dienone is 2. The summed E-state index contributed by atoms with van der Waals surface area (Å²) in [4.78, 5) is 12.2. The molecule has 2 nitrogen and oxygen atoms in total. The number of carbonyl (C=O) groups is 1. The van der Waals surface area contributed by atoms with Gasteiger partial charge in [-0.3, -0.25) is 4.79 Å². The van der Waals surface area contributed by atoms with Gasteiger partial charge in [-0.25, -0.2) is 0 Å². The zero-order chi connectivity index (χ0) is 14.0. The minimum absolute atomic E-state index is 0.0528. The minimum atomic E-state index is -4.47. The molecular weight excluding hydrogens is 255 g/mol. The first-order valence-corrected chi connectivity index (χ1v) is 6.10. The smallest absolute Gasteiger partial charge is 0.398 e. The van der Waals surface area contributed by atoms with Crippen molar-refractivity contribution in [1.82, 2.24) is 0 Å². The van der Waals surface area contributed by atoms with Gasteiger partial charge in [-0.2, -0.15) is 13.2 Å². The molecule has 0 aliphatic heterocycles. The lowest BCUT2D eigenvalue weighted by atomic mass is 9.91. The fraction of sp³-hybridized carbons (Fsp3) is 0.357. The number of nitrogen functional groups attached to an aromatic ring is 1. The van der Waals surface area contributed by atoms with Gasteiger partial charge in [0.15, 0.2) is 5.78 Å². The van der Waals surface area contributed by atoms with Gasteiger partial charge in [0.05, 0.1) is 5.56 Å². The SMILES string of the molecule is Nc1ccc(C(F)(F)F)cc1C(=O)C1=CCCCC1. The summed E-state index contributed by atoms with van der Waals surface area (Å²) in [7, 11) is 0. The highest BCUT2D eigenvalue weighted by Gasteiger charge is 2.31. The lowest BCUT2D eigenvalue weighted by Gasteiger charge is -2.14. The third-order valence-corrected chi connectivity index (χ3v) is 3.21. The van der Waals surface area contributed by atoms with Gasteiger partial charge in [0.1, 0.15) is 0 Å². The van der Waals surface area contributed by atoms with Crippen molar-refractivity contribution in [2.24, 2.45) is 0 Å². The fourth-order valence-electron chi connectivity index (χ4n) is 2.15.